The molecule has 0 radical (unpaired) electrons. The Kier molecular flexibility index (Phi) is 4.79. The summed E-state index contributed by atoms with van der Waals surface area (Å²) < 4.78 is 18.2. The largest absolute Gasteiger partial charge is 0.452 e. The molecular weight excluding hydrogens is 339 g/mol. The number of aryl methyl sites for hydroxylation is 1. The van der Waals surface area contributed by atoms with Crippen LogP contribution in [0.5, 0.6) is 0 Å². The molecule has 0 saturated carbocycles. The number of fused-ring (bicyclic) bond motifs is 1. The number of benzene rings is 2. The van der Waals surface area contributed by atoms with E-state index in [9.17, 15) is 18.8 Å². The van der Waals surface area contributed by atoms with Gasteiger partial charge in [-0.3, -0.25) is 9.59 Å². The summed E-state index contributed by atoms with van der Waals surface area (Å²) in [5.41, 5.74) is 1.08. The lowest BCUT2D eigenvalue weighted by Crippen LogP contribution is -2.22. The summed E-state index contributed by atoms with van der Waals surface area (Å²) >= 11 is 0. The number of aromatic nitrogens is 1. The summed E-state index contributed by atoms with van der Waals surface area (Å²) in [6, 6.07) is 11.9. The average Bonchev–Trinajstić information content (AvgIpc) is 2.62. The second-order valence-electron chi connectivity index (χ2n) is 5.68. The van der Waals surface area contributed by atoms with Crippen LogP contribution in [0.2, 0.25) is 0 Å². The highest BCUT2D eigenvalue weighted by atomic mass is 19.1. The number of esters is 1. The van der Waals surface area contributed by atoms with E-state index in [1.165, 1.54) is 18.2 Å². The van der Waals surface area contributed by atoms with Crippen LogP contribution < -0.4 is 10.9 Å². The molecule has 1 amide bonds. The van der Waals surface area contributed by atoms with Gasteiger partial charge in [-0.1, -0.05) is 24.3 Å². The number of amides is 1. The summed E-state index contributed by atoms with van der Waals surface area (Å²) in [7, 11) is 0. The Morgan fingerprint density at radius 1 is 1.15 bits per heavy atom. The molecule has 7 heteroatoms. The molecule has 6 nitrogen and oxygen atoms in total. The monoisotopic (exact) mass is 354 g/mol. The number of halogens is 1. The van der Waals surface area contributed by atoms with E-state index in [-0.39, 0.29) is 5.56 Å². The summed E-state index contributed by atoms with van der Waals surface area (Å²) in [6.07, 6.45) is 0. The lowest BCUT2D eigenvalue weighted by molar-refractivity contribution is -0.119. The lowest BCUT2D eigenvalue weighted by atomic mass is 10.1. The number of para-hydroxylation sites is 1. The van der Waals surface area contributed by atoms with Crippen LogP contribution in [0, 0.1) is 12.7 Å². The van der Waals surface area contributed by atoms with Crippen LogP contribution in [0.3, 0.4) is 0 Å². The fourth-order valence-corrected chi connectivity index (χ4v) is 2.50. The van der Waals surface area contributed by atoms with Gasteiger partial charge in [-0.15, -0.1) is 0 Å². The third kappa shape index (κ3) is 3.77. The van der Waals surface area contributed by atoms with Crippen LogP contribution in [0.25, 0.3) is 10.9 Å². The van der Waals surface area contributed by atoms with Crippen molar-refractivity contribution in [2.24, 2.45) is 0 Å². The first-order valence-corrected chi connectivity index (χ1v) is 7.79. The van der Waals surface area contributed by atoms with Crippen molar-refractivity contribution in [3.63, 3.8) is 0 Å². The number of pyridine rings is 1. The van der Waals surface area contributed by atoms with Gasteiger partial charge in [-0.05, 0) is 30.7 Å². The smallest absolute Gasteiger partial charge is 0.339 e. The minimum absolute atomic E-state index is 0.0686. The molecule has 0 aliphatic carbocycles. The van der Waals surface area contributed by atoms with Crippen LogP contribution in [0.15, 0.2) is 53.3 Å². The normalized spacial score (nSPS) is 10.5. The highest BCUT2D eigenvalue weighted by Gasteiger charge is 2.15. The van der Waals surface area contributed by atoms with E-state index in [0.29, 0.717) is 22.2 Å². The molecule has 0 fully saturated rings. The van der Waals surface area contributed by atoms with Gasteiger partial charge in [0.2, 0.25) is 5.56 Å². The van der Waals surface area contributed by atoms with Gasteiger partial charge in [0.15, 0.2) is 6.61 Å². The standard InChI is InChI=1S/C19H15FN2O4/c1-11-6-7-12(20)8-16(11)22-18(24)10-26-19(25)14-9-17(23)21-15-5-3-2-4-13(14)15/h2-9H,10H2,1H3,(H,21,23)(H,22,24). The molecule has 26 heavy (non-hydrogen) atoms. The first kappa shape index (κ1) is 17.3. The van der Waals surface area contributed by atoms with Crippen molar-refractivity contribution < 1.29 is 18.7 Å². The Morgan fingerprint density at radius 2 is 1.92 bits per heavy atom. The Bertz CT molecular complexity index is 1060. The molecule has 1 heterocycles. The third-order valence-electron chi connectivity index (χ3n) is 3.78. The Labute approximate surface area is 147 Å². The van der Waals surface area contributed by atoms with Crippen LogP contribution in [-0.4, -0.2) is 23.5 Å². The van der Waals surface area contributed by atoms with Crippen molar-refractivity contribution in [3.8, 4) is 0 Å². The number of rotatable bonds is 4. The molecule has 0 spiro atoms. The number of ether oxygens (including phenoxy) is 1. The Morgan fingerprint density at radius 3 is 2.73 bits per heavy atom. The van der Waals surface area contributed by atoms with Gasteiger partial charge >= 0.3 is 5.97 Å². The van der Waals surface area contributed by atoms with Gasteiger partial charge in [0.1, 0.15) is 5.82 Å². The van der Waals surface area contributed by atoms with Crippen molar-refractivity contribution in [1.29, 1.82) is 0 Å². The summed E-state index contributed by atoms with van der Waals surface area (Å²) in [5, 5.41) is 2.99. The predicted molar refractivity (Wildman–Crippen MR) is 94.6 cm³/mol. The van der Waals surface area contributed by atoms with E-state index in [2.05, 4.69) is 10.3 Å². The first-order valence-electron chi connectivity index (χ1n) is 7.79. The second kappa shape index (κ2) is 7.18. The fraction of sp³-hybridized carbons (Fsp3) is 0.105. The molecule has 2 N–H and O–H groups in total. The van der Waals surface area contributed by atoms with E-state index in [1.807, 2.05) is 0 Å². The highest BCUT2D eigenvalue weighted by molar-refractivity contribution is 6.04. The SMILES string of the molecule is Cc1ccc(F)cc1NC(=O)COC(=O)c1cc(=O)[nH]c2ccccc12. The third-order valence-corrected chi connectivity index (χ3v) is 3.78. The van der Waals surface area contributed by atoms with E-state index < -0.39 is 29.9 Å². The van der Waals surface area contributed by atoms with Crippen LogP contribution >= 0.6 is 0 Å². The first-order chi connectivity index (χ1) is 12.4. The van der Waals surface area contributed by atoms with Crippen LogP contribution in [-0.2, 0) is 9.53 Å². The lowest BCUT2D eigenvalue weighted by Gasteiger charge is -2.10. The van der Waals surface area contributed by atoms with Crippen LogP contribution in [0.4, 0.5) is 10.1 Å². The molecule has 0 atom stereocenters. The van der Waals surface area contributed by atoms with Gasteiger partial charge in [-0.25, -0.2) is 9.18 Å². The number of anilines is 1. The number of H-pyrrole nitrogens is 1. The maximum atomic E-state index is 13.2. The predicted octanol–water partition coefficient (Wildman–Crippen LogP) is 2.77. The molecule has 0 unspecified atom stereocenters. The van der Waals surface area contributed by atoms with Crippen molar-refractivity contribution in [3.05, 3.63) is 75.8 Å². The maximum Gasteiger partial charge on any atom is 0.339 e. The minimum atomic E-state index is -0.793. The van der Waals surface area contributed by atoms with Crippen molar-refractivity contribution in [1.82, 2.24) is 4.98 Å². The zero-order chi connectivity index (χ0) is 18.7. The van der Waals surface area contributed by atoms with E-state index in [4.69, 9.17) is 4.74 Å². The molecule has 0 bridgehead atoms. The molecule has 1 aromatic heterocycles. The molecule has 3 rings (SSSR count). The van der Waals surface area contributed by atoms with Gasteiger partial charge in [-0.2, -0.15) is 0 Å². The van der Waals surface area contributed by atoms with Gasteiger partial charge < -0.3 is 15.0 Å². The van der Waals surface area contributed by atoms with E-state index in [0.717, 1.165) is 6.07 Å². The van der Waals surface area contributed by atoms with Crippen molar-refractivity contribution in [2.75, 3.05) is 11.9 Å². The molecule has 0 aliphatic heterocycles. The molecule has 0 aliphatic rings. The topological polar surface area (TPSA) is 88.3 Å². The molecule has 132 valence electrons. The zero-order valence-corrected chi connectivity index (χ0v) is 13.8. The average molecular weight is 354 g/mol. The van der Waals surface area contributed by atoms with E-state index in [1.54, 1.807) is 31.2 Å². The molecular formula is C19H15FN2O4. The number of carbonyl (C=O) groups excluding carboxylic acids is 2. The van der Waals surface area contributed by atoms with Gasteiger partial charge in [0.25, 0.3) is 5.91 Å². The number of aromatic amines is 1. The molecule has 0 saturated heterocycles. The number of hydrogen-bond donors (Lipinski definition) is 2. The minimum Gasteiger partial charge on any atom is -0.452 e. The zero-order valence-electron chi connectivity index (χ0n) is 13.8. The summed E-state index contributed by atoms with van der Waals surface area (Å²) in [6.45, 7) is 1.15. The maximum absolute atomic E-state index is 13.2. The van der Waals surface area contributed by atoms with E-state index >= 15 is 0 Å². The Balaban J connectivity index is 1.72. The quantitative estimate of drug-likeness (QED) is 0.705. The van der Waals surface area contributed by atoms with Crippen LogP contribution in [0.1, 0.15) is 15.9 Å². The van der Waals surface area contributed by atoms with Gasteiger partial charge in [0, 0.05) is 22.7 Å². The van der Waals surface area contributed by atoms with Crippen molar-refractivity contribution in [2.45, 2.75) is 6.92 Å². The number of nitrogens with one attached hydrogen (secondary N) is 2. The molecule has 2 aromatic carbocycles. The second-order valence-corrected chi connectivity index (χ2v) is 5.68. The number of carbonyl (C=O) groups is 2. The highest BCUT2D eigenvalue weighted by Crippen LogP contribution is 2.17. The number of hydrogen-bond acceptors (Lipinski definition) is 4. The van der Waals surface area contributed by atoms with Crippen molar-refractivity contribution >= 4 is 28.5 Å². The fourth-order valence-electron chi connectivity index (χ4n) is 2.50. The summed E-state index contributed by atoms with van der Waals surface area (Å²) in [5.74, 6) is -1.89. The molecule has 3 aromatic rings. The Hall–Kier alpha value is -3.48. The van der Waals surface area contributed by atoms with Gasteiger partial charge in [0.05, 0.1) is 5.56 Å². The summed E-state index contributed by atoms with van der Waals surface area (Å²) in [4.78, 5) is 38.5.